The summed E-state index contributed by atoms with van der Waals surface area (Å²) in [5, 5.41) is 0. The van der Waals surface area contributed by atoms with E-state index in [0.717, 1.165) is 21.9 Å². The first-order valence-electron chi connectivity index (χ1n) is 10.2. The molecule has 0 fully saturated rings. The van der Waals surface area contributed by atoms with Gasteiger partial charge >= 0.3 is 64.8 Å². The van der Waals surface area contributed by atoms with E-state index in [2.05, 4.69) is 9.71 Å². The summed E-state index contributed by atoms with van der Waals surface area (Å²) >= 11 is 0. The van der Waals surface area contributed by atoms with Gasteiger partial charge in [-0.05, 0) is 35.2 Å². The van der Waals surface area contributed by atoms with Crippen molar-refractivity contribution in [2.75, 3.05) is 18.1 Å². The predicted molar refractivity (Wildman–Crippen MR) is 166 cm³/mol. The Kier molecular flexibility index (Phi) is 38.8. The number of anilines is 1. The Morgan fingerprint density at radius 3 is 1.75 bits per heavy atom. The van der Waals surface area contributed by atoms with E-state index in [1.165, 1.54) is 12.3 Å². The Labute approximate surface area is 301 Å². The summed E-state index contributed by atoms with van der Waals surface area (Å²) in [4.78, 5) is 27.3. The van der Waals surface area contributed by atoms with Gasteiger partial charge in [-0.1, -0.05) is 45.1 Å². The standard InChI is InChI=1S/C24H27N3O5S.2Na.9H2O.2H/c1-24(2,3)20-15-19(27-21(28)12-13-25-23(27)29)14-17(22(20)32-4)9-6-16-7-10-18(11-8-16)26-33(5,30)31;;;;;;;;;;;;;/h6-15,26H,1-5H3,(H,25,29);;;9*1H2;;/q;2*+1;;;;;;;;;;2*-1/b9-6+;;;;;;;;;;;;;. The number of H-pyrrole nitrogens is 1. The van der Waals surface area contributed by atoms with Gasteiger partial charge in [0.2, 0.25) is 10.0 Å². The van der Waals surface area contributed by atoms with Crippen molar-refractivity contribution in [1.82, 2.24) is 9.55 Å². The molecule has 0 saturated carbocycles. The second kappa shape index (κ2) is 26.3. The smallest absolute Gasteiger partial charge is 1.00 e. The van der Waals surface area contributed by atoms with Crippen molar-refractivity contribution in [1.29, 1.82) is 0 Å². The van der Waals surface area contributed by atoms with Crippen LogP contribution in [0.1, 0.15) is 40.3 Å². The first kappa shape index (κ1) is 64.9. The number of ether oxygens (including phenoxy) is 1. The molecule has 2 aromatic carbocycles. The quantitative estimate of drug-likeness (QED) is 0.189. The minimum Gasteiger partial charge on any atom is -1.00 e. The van der Waals surface area contributed by atoms with Crippen molar-refractivity contribution < 1.29 is 124 Å². The number of nitrogens with zero attached hydrogens (tertiary/aromatic N) is 1. The van der Waals surface area contributed by atoms with Crippen molar-refractivity contribution in [2.45, 2.75) is 26.2 Å². The third-order valence-electron chi connectivity index (χ3n) is 4.90. The topological polar surface area (TPSA) is 394 Å². The first-order valence-corrected chi connectivity index (χ1v) is 12.1. The molecule has 1 aromatic heterocycles. The maximum Gasteiger partial charge on any atom is 1.00 e. The fourth-order valence-corrected chi connectivity index (χ4v) is 3.97. The average Bonchev–Trinajstić information content (AvgIpc) is 2.71. The SMILES string of the molecule is COc1c(/C=C/c2ccc(NS(C)(=O)=O)cc2)cc(-n2c(=O)cc[nH]c2=O)cc1C(C)(C)C.O.O.O.O.O.O.O.O.O.[H-].[H-].[Na+].[Na+]. The molecule has 44 heavy (non-hydrogen) atoms. The summed E-state index contributed by atoms with van der Waals surface area (Å²) in [6, 6.07) is 11.7. The maximum absolute atomic E-state index is 12.4. The molecule has 0 unspecified atom stereocenters. The molecule has 3 aromatic rings. The van der Waals surface area contributed by atoms with Crippen LogP contribution in [0.25, 0.3) is 17.8 Å². The summed E-state index contributed by atoms with van der Waals surface area (Å²) in [6.07, 6.45) is 6.09. The van der Waals surface area contributed by atoms with Gasteiger partial charge in [0.1, 0.15) is 5.75 Å². The second-order valence-corrected chi connectivity index (χ2v) is 10.4. The molecular weight excluding hydrogens is 632 g/mol. The van der Waals surface area contributed by atoms with Crippen LogP contribution in [0.2, 0.25) is 0 Å². The zero-order chi connectivity index (χ0) is 24.4. The fourth-order valence-electron chi connectivity index (χ4n) is 3.40. The molecule has 20 heteroatoms. The van der Waals surface area contributed by atoms with Gasteiger partial charge in [0, 0.05) is 29.1 Å². The summed E-state index contributed by atoms with van der Waals surface area (Å²) < 4.78 is 32.0. The van der Waals surface area contributed by atoms with Gasteiger partial charge in [0.15, 0.2) is 0 Å². The zero-order valence-corrected chi connectivity index (χ0v) is 30.5. The number of aromatic amines is 1. The molecule has 0 radical (unpaired) electrons. The maximum atomic E-state index is 12.4. The summed E-state index contributed by atoms with van der Waals surface area (Å²) in [6.45, 7) is 6.06. The van der Waals surface area contributed by atoms with Crippen molar-refractivity contribution in [3.63, 3.8) is 0 Å². The van der Waals surface area contributed by atoms with E-state index in [4.69, 9.17) is 4.74 Å². The van der Waals surface area contributed by atoms with Crippen LogP contribution in [0.4, 0.5) is 5.69 Å². The van der Waals surface area contributed by atoms with Crippen LogP contribution in [-0.4, -0.2) is 80.6 Å². The molecular formula is C24H47N3Na2O14S. The molecule has 0 amide bonds. The van der Waals surface area contributed by atoms with Crippen LogP contribution in [0.15, 0.2) is 58.3 Å². The van der Waals surface area contributed by atoms with E-state index < -0.39 is 21.3 Å². The monoisotopic (exact) mass is 679 g/mol. The Balaban J connectivity index is -0.000000105. The number of sulfonamides is 1. The second-order valence-electron chi connectivity index (χ2n) is 8.65. The minimum atomic E-state index is -3.35. The van der Waals surface area contributed by atoms with Crippen LogP contribution >= 0.6 is 0 Å². The molecule has 1 heterocycles. The summed E-state index contributed by atoms with van der Waals surface area (Å²) in [7, 11) is -1.77. The molecule has 0 saturated heterocycles. The number of rotatable bonds is 6. The third kappa shape index (κ3) is 16.9. The minimum absolute atomic E-state index is 0. The van der Waals surface area contributed by atoms with E-state index in [-0.39, 0.29) is 117 Å². The predicted octanol–water partition coefficient (Wildman–Crippen LogP) is -9.82. The molecule has 0 aliphatic carbocycles. The van der Waals surface area contributed by atoms with Crippen LogP contribution in [0.3, 0.4) is 0 Å². The molecule has 20 N–H and O–H groups in total. The van der Waals surface area contributed by atoms with E-state index in [9.17, 15) is 18.0 Å². The van der Waals surface area contributed by atoms with Crippen LogP contribution in [0, 0.1) is 0 Å². The van der Waals surface area contributed by atoms with E-state index in [1.807, 2.05) is 32.9 Å². The first-order chi connectivity index (χ1) is 15.4. The molecule has 0 aliphatic heterocycles. The fraction of sp³-hybridized carbons (Fsp3) is 0.250. The zero-order valence-electron chi connectivity index (χ0n) is 27.7. The number of nitrogens with one attached hydrogen (secondary N) is 2. The molecule has 3 rings (SSSR count). The van der Waals surface area contributed by atoms with E-state index in [0.29, 0.717) is 22.7 Å². The number of hydrogen-bond donors (Lipinski definition) is 2. The van der Waals surface area contributed by atoms with Crippen molar-refractivity contribution >= 4 is 27.9 Å². The average molecular weight is 680 g/mol. The van der Waals surface area contributed by atoms with Gasteiger partial charge in [-0.15, -0.1) is 0 Å². The van der Waals surface area contributed by atoms with E-state index >= 15 is 0 Å². The van der Waals surface area contributed by atoms with Gasteiger partial charge in [0.05, 0.1) is 19.1 Å². The summed E-state index contributed by atoms with van der Waals surface area (Å²) in [5.41, 5.74) is 1.96. The Morgan fingerprint density at radius 1 is 0.841 bits per heavy atom. The van der Waals surface area contributed by atoms with Crippen LogP contribution in [-0.2, 0) is 15.4 Å². The van der Waals surface area contributed by atoms with E-state index in [1.54, 1.807) is 43.5 Å². The van der Waals surface area contributed by atoms with Crippen molar-refractivity contribution in [3.05, 3.63) is 86.2 Å². The van der Waals surface area contributed by atoms with Crippen molar-refractivity contribution in [3.8, 4) is 11.4 Å². The molecule has 0 atom stereocenters. The number of hydrogen-bond acceptors (Lipinski definition) is 5. The number of aromatic nitrogens is 2. The van der Waals surface area contributed by atoms with Gasteiger partial charge in [-0.25, -0.2) is 17.8 Å². The van der Waals surface area contributed by atoms with Crippen molar-refractivity contribution in [2.24, 2.45) is 0 Å². The Morgan fingerprint density at radius 2 is 1.34 bits per heavy atom. The molecule has 250 valence electrons. The largest absolute Gasteiger partial charge is 1.00 e. The van der Waals surface area contributed by atoms with Crippen LogP contribution in [0.5, 0.6) is 5.75 Å². The number of methoxy groups -OCH3 is 1. The molecule has 0 spiro atoms. The molecule has 17 nitrogen and oxygen atoms in total. The van der Waals surface area contributed by atoms with Gasteiger partial charge in [0.25, 0.3) is 5.56 Å². The number of benzene rings is 2. The molecule has 0 aliphatic rings. The van der Waals surface area contributed by atoms with Gasteiger partial charge in [-0.2, -0.15) is 0 Å². The van der Waals surface area contributed by atoms with Gasteiger partial charge < -0.3 is 61.9 Å². The third-order valence-corrected chi connectivity index (χ3v) is 5.50. The Bertz CT molecular complexity index is 1420. The van der Waals surface area contributed by atoms with Crippen LogP contribution < -0.4 is 79.8 Å². The molecule has 0 bridgehead atoms. The Hall–Kier alpha value is -1.95. The normalized spacial score (nSPS) is 9.11. The van der Waals surface area contributed by atoms with Gasteiger partial charge in [-0.3, -0.25) is 9.52 Å². The summed E-state index contributed by atoms with van der Waals surface area (Å²) in [5.74, 6) is 0.637.